The molecule has 0 spiro atoms. The summed E-state index contributed by atoms with van der Waals surface area (Å²) in [5.74, 6) is -2.31. The van der Waals surface area contributed by atoms with Crippen molar-refractivity contribution in [2.24, 2.45) is 17.8 Å². The summed E-state index contributed by atoms with van der Waals surface area (Å²) >= 11 is 0. The number of hydrogen-bond acceptors (Lipinski definition) is 17. The van der Waals surface area contributed by atoms with Gasteiger partial charge in [-0.25, -0.2) is 14.3 Å². The lowest BCUT2D eigenvalue weighted by atomic mass is 9.76. The Kier molecular flexibility index (Phi) is 18.7. The number of terminal acetylenes is 1. The molecule has 370 valence electrons. The van der Waals surface area contributed by atoms with E-state index >= 15 is 0 Å². The molecule has 18 nitrogen and oxygen atoms in total. The van der Waals surface area contributed by atoms with Gasteiger partial charge in [0.15, 0.2) is 36.2 Å². The molecule has 0 radical (unpaired) electrons. The van der Waals surface area contributed by atoms with Crippen molar-refractivity contribution in [1.29, 1.82) is 0 Å². The van der Waals surface area contributed by atoms with Gasteiger partial charge in [0.05, 0.1) is 42.0 Å². The summed E-state index contributed by atoms with van der Waals surface area (Å²) in [5, 5.41) is 0. The number of likely N-dealkylation sites (N-methyl/N-ethyl adjacent to an activating group) is 1. The van der Waals surface area contributed by atoms with Crippen LogP contribution in [0.2, 0.25) is 0 Å². The van der Waals surface area contributed by atoms with Crippen molar-refractivity contribution in [2.45, 2.75) is 187 Å². The molecule has 1 aromatic rings. The molecule has 0 bridgehead atoms. The number of carbonyl (C=O) groups excluding carboxylic acids is 5. The first kappa shape index (κ1) is 54.4. The van der Waals surface area contributed by atoms with Gasteiger partial charge in [0, 0.05) is 51.6 Å². The Morgan fingerprint density at radius 2 is 1.62 bits per heavy atom. The highest BCUT2D eigenvalue weighted by molar-refractivity contribution is 5.96. The molecule has 0 amide bonds. The molecule has 4 heterocycles. The van der Waals surface area contributed by atoms with Crippen LogP contribution in [0, 0.1) is 30.1 Å². The van der Waals surface area contributed by atoms with E-state index in [0.717, 1.165) is 4.57 Å². The quantitative estimate of drug-likeness (QED) is 0.146. The molecule has 0 N–H and O–H groups in total. The van der Waals surface area contributed by atoms with Crippen LogP contribution in [0.3, 0.4) is 0 Å². The molecule has 2 unspecified atom stereocenters. The first-order chi connectivity index (χ1) is 30.8. The van der Waals surface area contributed by atoms with E-state index in [1.54, 1.807) is 55.4 Å². The molecule has 0 saturated carbocycles. The van der Waals surface area contributed by atoms with Crippen LogP contribution < -0.4 is 0 Å². The predicted octanol–water partition coefficient (Wildman–Crippen LogP) is 5.42. The van der Waals surface area contributed by atoms with Crippen LogP contribution >= 0.6 is 0 Å². The first-order valence-corrected chi connectivity index (χ1v) is 22.7. The Labute approximate surface area is 389 Å². The molecule has 0 aliphatic carbocycles. The Bertz CT molecular complexity index is 1920. The van der Waals surface area contributed by atoms with Crippen LogP contribution in [0.5, 0.6) is 0 Å². The van der Waals surface area contributed by atoms with Crippen molar-refractivity contribution in [1.82, 2.24) is 14.5 Å². The maximum atomic E-state index is 14.9. The molecule has 3 aliphatic heterocycles. The zero-order valence-corrected chi connectivity index (χ0v) is 41.4. The van der Waals surface area contributed by atoms with Crippen molar-refractivity contribution >= 4 is 29.8 Å². The molecule has 16 atom stereocenters. The van der Waals surface area contributed by atoms with Gasteiger partial charge in [-0.1, -0.05) is 26.7 Å². The number of nitrogens with zero attached hydrogens (tertiary/aromatic N) is 3. The van der Waals surface area contributed by atoms with E-state index in [9.17, 15) is 24.0 Å². The Morgan fingerprint density at radius 3 is 2.18 bits per heavy atom. The van der Waals surface area contributed by atoms with Gasteiger partial charge in [-0.05, 0) is 93.5 Å². The van der Waals surface area contributed by atoms with E-state index < -0.39 is 108 Å². The zero-order valence-electron chi connectivity index (χ0n) is 41.4. The molecule has 1 aromatic heterocycles. The van der Waals surface area contributed by atoms with Crippen LogP contribution in [0.4, 0.5) is 4.79 Å². The highest BCUT2D eigenvalue weighted by Gasteiger charge is 2.54. The van der Waals surface area contributed by atoms with Gasteiger partial charge in [-0.3, -0.25) is 19.2 Å². The predicted molar refractivity (Wildman–Crippen MR) is 238 cm³/mol. The van der Waals surface area contributed by atoms with Crippen LogP contribution in [0.25, 0.3) is 0 Å². The maximum absolute atomic E-state index is 14.9. The average molecular weight is 932 g/mol. The minimum absolute atomic E-state index is 0.0163. The van der Waals surface area contributed by atoms with Gasteiger partial charge in [-0.15, -0.1) is 6.42 Å². The average Bonchev–Trinajstić information content (AvgIpc) is 3.79. The number of hydrogen-bond donors (Lipinski definition) is 0. The number of methoxy groups -OCH3 is 1. The lowest BCUT2D eigenvalue weighted by molar-refractivity contribution is -0.321. The van der Waals surface area contributed by atoms with Crippen molar-refractivity contribution in [3.8, 4) is 12.3 Å². The fraction of sp³-hybridized carbons (Fsp3) is 0.750. The summed E-state index contributed by atoms with van der Waals surface area (Å²) < 4.78 is 64.8. The van der Waals surface area contributed by atoms with Crippen molar-refractivity contribution in [3.05, 3.63) is 30.4 Å². The van der Waals surface area contributed by atoms with E-state index in [-0.39, 0.29) is 49.4 Å². The van der Waals surface area contributed by atoms with Crippen molar-refractivity contribution in [2.75, 3.05) is 27.8 Å². The number of allylic oxidation sites excluding steroid dienone is 1. The second-order valence-electron chi connectivity index (χ2n) is 18.9. The number of aromatic nitrogens is 2. The number of ketones is 1. The molecular weight excluding hydrogens is 859 g/mol. The van der Waals surface area contributed by atoms with Crippen molar-refractivity contribution < 1.29 is 71.3 Å². The van der Waals surface area contributed by atoms with Crippen LogP contribution in [-0.2, 0) is 66.5 Å². The summed E-state index contributed by atoms with van der Waals surface area (Å²) in [6.07, 6.45) is 3.01. The van der Waals surface area contributed by atoms with Gasteiger partial charge >= 0.3 is 24.0 Å². The topological polar surface area (TPSA) is 199 Å². The summed E-state index contributed by atoms with van der Waals surface area (Å²) in [5.41, 5.74) is -3.97. The standard InChI is InChI=1S/C48H73N3O15/c1-17-21-58-48(13)24-28(4)38(54)27(3)23-46(11,66-45(56)51-20-19-49-26-51)36(18-2)63-43(55)31(7)39(64-37-25-47(12,57-16)42(32(8)60-37)62-34(10)53)30(6)41(48)65-44-40(61-33(9)52)35(50(14)15)22-29(5)59-44/h1,19-20,23,26,28-32,35-37,39-42,44H,18,21-22,24-25H2,2-16H3/b27-23+/t28-,29-,30+,31-,32+,35+,36?,37+,39?,40-,41-,42+,44+,46+,47-,48-/m1/s1. The third-order valence-electron chi connectivity index (χ3n) is 13.2. The van der Waals surface area contributed by atoms with Crippen LogP contribution in [0.1, 0.15) is 109 Å². The molecule has 2 saturated heterocycles. The maximum Gasteiger partial charge on any atom is 0.420 e. The number of carbonyl (C=O) groups is 5. The lowest BCUT2D eigenvalue weighted by Crippen LogP contribution is -2.62. The third kappa shape index (κ3) is 12.9. The normalized spacial score (nSPS) is 39.1. The summed E-state index contributed by atoms with van der Waals surface area (Å²) in [6.45, 7) is 19.8. The van der Waals surface area contributed by atoms with E-state index in [0.29, 0.717) is 6.42 Å². The van der Waals surface area contributed by atoms with Gasteiger partial charge in [-0.2, -0.15) is 0 Å². The molecule has 2 fully saturated rings. The van der Waals surface area contributed by atoms with Crippen LogP contribution in [-0.4, -0.2) is 150 Å². The van der Waals surface area contributed by atoms with E-state index in [1.165, 1.54) is 45.8 Å². The number of imidazole rings is 1. The van der Waals surface area contributed by atoms with Gasteiger partial charge < -0.3 is 52.3 Å². The van der Waals surface area contributed by atoms with E-state index in [2.05, 4.69) is 10.9 Å². The smallest absolute Gasteiger partial charge is 0.420 e. The molecular formula is C48H73N3O15. The monoisotopic (exact) mass is 932 g/mol. The Morgan fingerprint density at radius 1 is 0.955 bits per heavy atom. The minimum atomic E-state index is -1.66. The van der Waals surface area contributed by atoms with E-state index in [4.69, 9.17) is 53.8 Å². The number of ether oxygens (including phenoxy) is 10. The van der Waals surface area contributed by atoms with Crippen molar-refractivity contribution in [3.63, 3.8) is 0 Å². The molecule has 3 aliphatic rings. The Hall–Kier alpha value is -4.22. The molecule has 4 rings (SSSR count). The minimum Gasteiger partial charge on any atom is -0.457 e. The second-order valence-corrected chi connectivity index (χ2v) is 18.9. The number of rotatable bonds is 12. The third-order valence-corrected chi connectivity index (χ3v) is 13.2. The summed E-state index contributed by atoms with van der Waals surface area (Å²) in [4.78, 5) is 73.9. The fourth-order valence-electron chi connectivity index (χ4n) is 9.79. The summed E-state index contributed by atoms with van der Waals surface area (Å²) in [6, 6.07) is -0.333. The molecule has 0 aromatic carbocycles. The summed E-state index contributed by atoms with van der Waals surface area (Å²) in [7, 11) is 5.25. The van der Waals surface area contributed by atoms with Gasteiger partial charge in [0.25, 0.3) is 0 Å². The van der Waals surface area contributed by atoms with Gasteiger partial charge in [0.1, 0.15) is 24.6 Å². The van der Waals surface area contributed by atoms with Crippen LogP contribution in [0.15, 0.2) is 30.4 Å². The van der Waals surface area contributed by atoms with E-state index in [1.807, 2.05) is 32.8 Å². The second kappa shape index (κ2) is 22.7. The number of cyclic esters (lactones) is 1. The largest absolute Gasteiger partial charge is 0.457 e. The highest BCUT2D eigenvalue weighted by Crippen LogP contribution is 2.42. The SMILES string of the molecule is C#CCO[C@]1(C)C[C@@H](C)C(=O)/C(C)=C/[C@](C)(OC(=O)n2ccnc2)C(CC)OC(=O)[C@H](C)C(O[C@H]2C[C@@](C)(OC)[C@@H](OC(C)=O)[C@H](C)O2)[C@H](C)[C@H]1O[C@@H]1O[C@H](C)C[C@H](N(C)C)[C@H]1OC(C)=O. The van der Waals surface area contributed by atoms with Gasteiger partial charge in [0.2, 0.25) is 0 Å². The molecule has 18 heteroatoms. The lowest BCUT2D eigenvalue weighted by Gasteiger charge is -2.50. The number of esters is 3. The first-order valence-electron chi connectivity index (χ1n) is 22.7. The number of Topliss-reactive ketones (excluding diaryl/α,β-unsaturated/α-hetero) is 1. The molecule has 66 heavy (non-hydrogen) atoms. The Balaban J connectivity index is 1.97. The zero-order chi connectivity index (χ0) is 49.5. The fourth-order valence-corrected chi connectivity index (χ4v) is 9.79. The highest BCUT2D eigenvalue weighted by atomic mass is 16.7.